The largest absolute Gasteiger partial charge is 0.455 e. The zero-order valence-corrected chi connectivity index (χ0v) is 10.2. The topological polar surface area (TPSA) is 25.2 Å². The molecule has 3 rings (SSSR count). The standard InChI is InChI=1S/C17H15NO/c1-3-11-18-12(2)13-8-6-9-15-14-7-4-5-10-16(14)19-17(13)15/h3-10,18H,1-2,11H2/i1D,2D,3D,11D. The summed E-state index contributed by atoms with van der Waals surface area (Å²) >= 11 is 0. The molecule has 0 aliphatic rings. The van der Waals surface area contributed by atoms with Crippen LogP contribution in [0.1, 0.15) is 11.0 Å². The van der Waals surface area contributed by atoms with Crippen molar-refractivity contribution in [1.29, 1.82) is 0 Å². The van der Waals surface area contributed by atoms with Gasteiger partial charge in [0.2, 0.25) is 0 Å². The molecule has 94 valence electrons. The molecule has 0 aliphatic carbocycles. The highest BCUT2D eigenvalue weighted by atomic mass is 16.3. The minimum absolute atomic E-state index is 0.180. The van der Waals surface area contributed by atoms with E-state index in [0.29, 0.717) is 16.8 Å². The zero-order chi connectivity index (χ0) is 16.4. The van der Waals surface area contributed by atoms with Crippen molar-refractivity contribution in [3.05, 3.63) is 67.2 Å². The van der Waals surface area contributed by atoms with Gasteiger partial charge in [0.1, 0.15) is 11.2 Å². The average Bonchev–Trinajstić information content (AvgIpc) is 2.97. The molecule has 2 heteroatoms. The first-order valence-electron chi connectivity index (χ1n) is 8.12. The number of hydrogen-bond acceptors (Lipinski definition) is 2. The molecular weight excluding hydrogens is 234 g/mol. The molecule has 1 atom stereocenters. The Bertz CT molecular complexity index is 913. The van der Waals surface area contributed by atoms with Crippen LogP contribution in [0.3, 0.4) is 0 Å². The fourth-order valence-electron chi connectivity index (χ4n) is 2.16. The van der Waals surface area contributed by atoms with Crippen LogP contribution in [0.5, 0.6) is 0 Å². The molecule has 2 nitrogen and oxygen atoms in total. The Hall–Kier alpha value is -2.48. The van der Waals surface area contributed by atoms with Crippen molar-refractivity contribution < 1.29 is 9.90 Å². The Balaban J connectivity index is 2.11. The summed E-state index contributed by atoms with van der Waals surface area (Å²) in [6.45, 7) is 0.804. The molecule has 2 aromatic carbocycles. The number of hydrogen-bond donors (Lipinski definition) is 1. The maximum absolute atomic E-state index is 7.83. The SMILES string of the molecule is [2H]C=C(NC([2H])C([2H])=C[2H])c1cccc2c1oc1ccccc12. The smallest absolute Gasteiger partial charge is 0.144 e. The molecule has 0 fully saturated rings. The van der Waals surface area contributed by atoms with Crippen LogP contribution in [0.15, 0.2) is 66.0 Å². The summed E-state index contributed by atoms with van der Waals surface area (Å²) in [4.78, 5) is 0. The van der Waals surface area contributed by atoms with E-state index in [9.17, 15) is 0 Å². The maximum atomic E-state index is 7.83. The molecule has 1 N–H and O–H groups in total. The van der Waals surface area contributed by atoms with Gasteiger partial charge in [-0.05, 0) is 12.1 Å². The molecule has 0 amide bonds. The summed E-state index contributed by atoms with van der Waals surface area (Å²) in [6.07, 6.45) is 0. The molecule has 0 saturated heterocycles. The van der Waals surface area contributed by atoms with Gasteiger partial charge in [0.25, 0.3) is 0 Å². The molecule has 0 saturated carbocycles. The quantitative estimate of drug-likeness (QED) is 0.700. The van der Waals surface area contributed by atoms with E-state index >= 15 is 0 Å². The van der Waals surface area contributed by atoms with Crippen LogP contribution >= 0.6 is 0 Å². The molecular formula is C17H15NO. The molecule has 0 spiro atoms. The van der Waals surface area contributed by atoms with Gasteiger partial charge in [0.05, 0.1) is 5.48 Å². The predicted octanol–water partition coefficient (Wildman–Crippen LogP) is 4.33. The number of furan rings is 1. The lowest BCUT2D eigenvalue weighted by atomic mass is 10.1. The van der Waals surface area contributed by atoms with E-state index in [-0.39, 0.29) is 6.05 Å². The Kier molecular flexibility index (Phi) is 1.92. The summed E-state index contributed by atoms with van der Waals surface area (Å²) in [5.74, 6) is 0. The highest BCUT2D eigenvalue weighted by molar-refractivity contribution is 6.07. The normalized spacial score (nSPS) is 17.7. The maximum Gasteiger partial charge on any atom is 0.144 e. The van der Waals surface area contributed by atoms with E-state index in [4.69, 9.17) is 9.90 Å². The third-order valence-electron chi connectivity index (χ3n) is 3.01. The average molecular weight is 253 g/mol. The van der Waals surface area contributed by atoms with Gasteiger partial charge in [0.15, 0.2) is 0 Å². The fraction of sp³-hybridized carbons (Fsp3) is 0.0588. The van der Waals surface area contributed by atoms with Crippen LogP contribution in [0.25, 0.3) is 27.6 Å². The van der Waals surface area contributed by atoms with Crippen LogP contribution in [-0.4, -0.2) is 6.52 Å². The zero-order valence-electron chi connectivity index (χ0n) is 14.2. The van der Waals surface area contributed by atoms with Gasteiger partial charge in [-0.2, -0.15) is 0 Å². The molecule has 0 bridgehead atoms. The van der Waals surface area contributed by atoms with E-state index in [0.717, 1.165) is 29.5 Å². The van der Waals surface area contributed by atoms with Gasteiger partial charge < -0.3 is 9.73 Å². The number of nitrogens with one attached hydrogen (secondary N) is 1. The lowest BCUT2D eigenvalue weighted by molar-refractivity contribution is 0.667. The molecule has 1 aromatic heterocycles. The van der Waals surface area contributed by atoms with E-state index in [1.165, 1.54) is 0 Å². The van der Waals surface area contributed by atoms with Gasteiger partial charge >= 0.3 is 0 Å². The molecule has 1 unspecified atom stereocenters. The van der Waals surface area contributed by atoms with Gasteiger partial charge in [0, 0.05) is 28.6 Å². The molecule has 19 heavy (non-hydrogen) atoms. The van der Waals surface area contributed by atoms with Crippen LogP contribution in [0.2, 0.25) is 0 Å². The van der Waals surface area contributed by atoms with Crippen molar-refractivity contribution >= 4 is 27.6 Å². The molecule has 0 radical (unpaired) electrons. The van der Waals surface area contributed by atoms with Crippen LogP contribution in [0.4, 0.5) is 0 Å². The van der Waals surface area contributed by atoms with Gasteiger partial charge in [-0.1, -0.05) is 42.9 Å². The second kappa shape index (κ2) is 4.65. The van der Waals surface area contributed by atoms with Crippen LogP contribution < -0.4 is 5.32 Å². The first kappa shape index (κ1) is 7.85. The van der Waals surface area contributed by atoms with Crippen molar-refractivity contribution in [2.75, 3.05) is 6.52 Å². The van der Waals surface area contributed by atoms with Gasteiger partial charge in [-0.15, -0.1) is 6.55 Å². The van der Waals surface area contributed by atoms with Crippen molar-refractivity contribution in [2.45, 2.75) is 0 Å². The number of benzene rings is 2. The van der Waals surface area contributed by atoms with Crippen LogP contribution in [0, 0.1) is 0 Å². The monoisotopic (exact) mass is 253 g/mol. The summed E-state index contributed by atoms with van der Waals surface area (Å²) < 4.78 is 35.9. The Morgan fingerprint density at radius 3 is 3.11 bits per heavy atom. The third kappa shape index (κ3) is 1.91. The summed E-state index contributed by atoms with van der Waals surface area (Å²) in [6, 6.07) is 13.1. The third-order valence-corrected chi connectivity index (χ3v) is 3.01. The minimum atomic E-state index is -1.11. The summed E-state index contributed by atoms with van der Waals surface area (Å²) in [5, 5.41) is 4.70. The summed E-state index contributed by atoms with van der Waals surface area (Å²) in [5.41, 5.74) is 2.42. The van der Waals surface area contributed by atoms with Gasteiger partial charge in [-0.3, -0.25) is 0 Å². The second-order valence-electron chi connectivity index (χ2n) is 4.15. The lowest BCUT2D eigenvalue weighted by Gasteiger charge is -2.07. The van der Waals surface area contributed by atoms with Crippen molar-refractivity contribution in [2.24, 2.45) is 0 Å². The molecule has 1 heterocycles. The minimum Gasteiger partial charge on any atom is -0.455 e. The van der Waals surface area contributed by atoms with E-state index in [1.807, 2.05) is 36.4 Å². The van der Waals surface area contributed by atoms with E-state index < -0.39 is 6.52 Å². The van der Waals surface area contributed by atoms with Crippen molar-refractivity contribution in [1.82, 2.24) is 5.32 Å². The summed E-state index contributed by atoms with van der Waals surface area (Å²) in [7, 11) is 0. The van der Waals surface area contributed by atoms with E-state index in [1.54, 1.807) is 6.07 Å². The molecule has 0 aliphatic heterocycles. The Morgan fingerprint density at radius 2 is 2.21 bits per heavy atom. The number of rotatable bonds is 4. The number of para-hydroxylation sites is 2. The number of fused-ring (bicyclic) bond motifs is 3. The Labute approximate surface area is 117 Å². The van der Waals surface area contributed by atoms with Crippen LogP contribution in [-0.2, 0) is 0 Å². The van der Waals surface area contributed by atoms with Gasteiger partial charge in [-0.25, -0.2) is 0 Å². The first-order chi connectivity index (χ1) is 11.2. The Morgan fingerprint density at radius 1 is 1.32 bits per heavy atom. The highest BCUT2D eigenvalue weighted by Crippen LogP contribution is 2.32. The fourth-order valence-corrected chi connectivity index (χ4v) is 2.16. The lowest BCUT2D eigenvalue weighted by Crippen LogP contribution is -2.10. The second-order valence-corrected chi connectivity index (χ2v) is 4.15. The van der Waals surface area contributed by atoms with Crippen molar-refractivity contribution in [3.8, 4) is 0 Å². The first-order valence-corrected chi connectivity index (χ1v) is 5.88. The van der Waals surface area contributed by atoms with E-state index in [2.05, 4.69) is 5.32 Å². The predicted molar refractivity (Wildman–Crippen MR) is 81.0 cm³/mol. The molecule has 3 aromatic rings. The highest BCUT2D eigenvalue weighted by Gasteiger charge is 2.11. The van der Waals surface area contributed by atoms with Crippen molar-refractivity contribution in [3.63, 3.8) is 0 Å².